The second-order valence-electron chi connectivity index (χ2n) is 5.33. The van der Waals surface area contributed by atoms with Gasteiger partial charge in [-0.15, -0.1) is 0 Å². The number of hydrogen-bond donors (Lipinski definition) is 0. The van der Waals surface area contributed by atoms with Crippen LogP contribution in [0.2, 0.25) is 0 Å². The van der Waals surface area contributed by atoms with E-state index in [1.54, 1.807) is 13.3 Å². The summed E-state index contributed by atoms with van der Waals surface area (Å²) in [7, 11) is 0. The van der Waals surface area contributed by atoms with E-state index >= 15 is 0 Å². The summed E-state index contributed by atoms with van der Waals surface area (Å²) in [6.07, 6.45) is 2.39. The molecule has 3 aromatic rings. The fourth-order valence-electron chi connectivity index (χ4n) is 2.77. The van der Waals surface area contributed by atoms with E-state index in [1.165, 1.54) is 0 Å². The van der Waals surface area contributed by atoms with Gasteiger partial charge < -0.3 is 0 Å². The Morgan fingerprint density at radius 2 is 1.84 bits per heavy atom. The van der Waals surface area contributed by atoms with E-state index in [-0.39, 0.29) is 10.6 Å². The summed E-state index contributed by atoms with van der Waals surface area (Å²) in [4.78, 5) is 15.2. The van der Waals surface area contributed by atoms with Gasteiger partial charge in [-0.05, 0) is 36.2 Å². The molecule has 25 heavy (non-hydrogen) atoms. The van der Waals surface area contributed by atoms with Gasteiger partial charge in [-0.1, -0.05) is 45.0 Å². The van der Waals surface area contributed by atoms with Crippen molar-refractivity contribution in [1.82, 2.24) is 9.55 Å². The lowest BCUT2D eigenvalue weighted by atomic mass is 10.0. The maximum absolute atomic E-state index is 11.1. The molecule has 0 saturated carbocycles. The molecule has 0 saturated heterocycles. The fourth-order valence-corrected chi connectivity index (χ4v) is 2.77. The van der Waals surface area contributed by atoms with E-state index in [9.17, 15) is 10.1 Å². The fraction of sp³-hybridized carbons (Fsp3) is 0.250. The Hall–Kier alpha value is -2.95. The van der Waals surface area contributed by atoms with Crippen LogP contribution in [-0.2, 0) is 0 Å². The zero-order chi connectivity index (χ0) is 18.4. The number of fused-ring (bicyclic) bond motifs is 1. The number of benzene rings is 2. The third kappa shape index (κ3) is 3.76. The van der Waals surface area contributed by atoms with Gasteiger partial charge in [0.1, 0.15) is 6.33 Å². The Morgan fingerprint density at radius 3 is 2.44 bits per heavy atom. The molecule has 0 aliphatic heterocycles. The highest BCUT2D eigenvalue weighted by molar-refractivity contribution is 5.82. The van der Waals surface area contributed by atoms with Crippen molar-refractivity contribution in [3.8, 4) is 5.69 Å². The standard InChI is InChI=1S/C18H17N3O2.C2H6/c1-3-16(13(2)21(22)23)14-9-10-17-18(11-14)20(12-19-17)15-7-5-4-6-8-15;1-2/h4-12H,3H2,1-2H3;1-2H3/b16-13-;. The topological polar surface area (TPSA) is 61.0 Å². The summed E-state index contributed by atoms with van der Waals surface area (Å²) >= 11 is 0. The van der Waals surface area contributed by atoms with Crippen LogP contribution in [0.4, 0.5) is 0 Å². The molecule has 0 N–H and O–H groups in total. The van der Waals surface area contributed by atoms with E-state index in [4.69, 9.17) is 0 Å². The first-order valence-corrected chi connectivity index (χ1v) is 8.49. The molecule has 0 amide bonds. The largest absolute Gasteiger partial charge is 0.299 e. The molecular weight excluding hydrogens is 314 g/mol. The van der Waals surface area contributed by atoms with Crippen LogP contribution in [0.1, 0.15) is 39.7 Å². The highest BCUT2D eigenvalue weighted by atomic mass is 16.6. The number of para-hydroxylation sites is 1. The molecule has 0 atom stereocenters. The van der Waals surface area contributed by atoms with E-state index < -0.39 is 0 Å². The van der Waals surface area contributed by atoms with Crippen molar-refractivity contribution < 1.29 is 4.92 Å². The number of imidazole rings is 1. The monoisotopic (exact) mass is 337 g/mol. The van der Waals surface area contributed by atoms with E-state index in [0.29, 0.717) is 6.42 Å². The van der Waals surface area contributed by atoms with Crippen molar-refractivity contribution in [3.05, 3.63) is 76.2 Å². The minimum absolute atomic E-state index is 0.192. The number of hydrogen-bond acceptors (Lipinski definition) is 3. The van der Waals surface area contributed by atoms with Gasteiger partial charge in [0.15, 0.2) is 0 Å². The Labute approximate surface area is 147 Å². The molecule has 130 valence electrons. The maximum atomic E-state index is 11.1. The van der Waals surface area contributed by atoms with Crippen LogP contribution in [0.3, 0.4) is 0 Å². The zero-order valence-electron chi connectivity index (χ0n) is 15.1. The Morgan fingerprint density at radius 1 is 1.16 bits per heavy atom. The number of nitrogens with zero attached hydrogens (tertiary/aromatic N) is 3. The van der Waals surface area contributed by atoms with Gasteiger partial charge in [-0.2, -0.15) is 0 Å². The predicted molar refractivity (Wildman–Crippen MR) is 102 cm³/mol. The SMILES string of the molecule is CC.CC/C(=C(\C)[N+](=O)[O-])c1ccc2ncn(-c3ccccc3)c2c1. The highest BCUT2D eigenvalue weighted by Gasteiger charge is 2.15. The summed E-state index contributed by atoms with van der Waals surface area (Å²) in [5.41, 5.74) is 4.63. The number of rotatable bonds is 4. The minimum Gasteiger partial charge on any atom is -0.299 e. The van der Waals surface area contributed by atoms with E-state index in [0.717, 1.165) is 27.9 Å². The minimum atomic E-state index is -0.322. The summed E-state index contributed by atoms with van der Waals surface area (Å²) < 4.78 is 1.99. The first-order valence-electron chi connectivity index (χ1n) is 8.49. The van der Waals surface area contributed by atoms with Crippen molar-refractivity contribution in [3.63, 3.8) is 0 Å². The van der Waals surface area contributed by atoms with Crippen LogP contribution < -0.4 is 0 Å². The lowest BCUT2D eigenvalue weighted by Crippen LogP contribution is -1.99. The van der Waals surface area contributed by atoms with Gasteiger partial charge in [0.25, 0.3) is 0 Å². The molecule has 0 aliphatic rings. The zero-order valence-corrected chi connectivity index (χ0v) is 15.1. The Bertz CT molecular complexity index is 896. The van der Waals surface area contributed by atoms with Crippen LogP contribution in [0, 0.1) is 10.1 Å². The average Bonchev–Trinajstić information content (AvgIpc) is 3.08. The molecule has 0 fully saturated rings. The number of allylic oxidation sites excluding steroid dienone is 2. The van der Waals surface area contributed by atoms with Crippen molar-refractivity contribution in [1.29, 1.82) is 0 Å². The van der Waals surface area contributed by atoms with Crippen LogP contribution in [-0.4, -0.2) is 14.5 Å². The molecule has 5 heteroatoms. The van der Waals surface area contributed by atoms with Gasteiger partial charge >= 0.3 is 0 Å². The molecule has 1 heterocycles. The van der Waals surface area contributed by atoms with Gasteiger partial charge in [0, 0.05) is 18.2 Å². The van der Waals surface area contributed by atoms with Crippen molar-refractivity contribution in [2.75, 3.05) is 0 Å². The molecule has 0 radical (unpaired) electrons. The summed E-state index contributed by atoms with van der Waals surface area (Å²) in [6, 6.07) is 15.7. The lowest BCUT2D eigenvalue weighted by molar-refractivity contribution is -0.423. The molecule has 0 bridgehead atoms. The first kappa shape index (κ1) is 18.4. The summed E-state index contributed by atoms with van der Waals surface area (Å²) in [6.45, 7) is 7.48. The number of nitro groups is 1. The molecule has 0 unspecified atom stereocenters. The van der Waals surface area contributed by atoms with E-state index in [2.05, 4.69) is 4.98 Å². The third-order valence-corrected chi connectivity index (χ3v) is 3.99. The lowest BCUT2D eigenvalue weighted by Gasteiger charge is -2.08. The Kier molecular flexibility index (Phi) is 6.06. The van der Waals surface area contributed by atoms with Crippen LogP contribution in [0.5, 0.6) is 0 Å². The van der Waals surface area contributed by atoms with Crippen molar-refractivity contribution in [2.24, 2.45) is 0 Å². The highest BCUT2D eigenvalue weighted by Crippen LogP contribution is 2.27. The summed E-state index contributed by atoms with van der Waals surface area (Å²) in [5, 5.41) is 11.1. The van der Waals surface area contributed by atoms with E-state index in [1.807, 2.05) is 73.9 Å². The average molecular weight is 337 g/mol. The normalized spacial score (nSPS) is 11.5. The van der Waals surface area contributed by atoms with Crippen LogP contribution in [0.15, 0.2) is 60.6 Å². The van der Waals surface area contributed by atoms with Gasteiger partial charge in [0.2, 0.25) is 5.70 Å². The number of aromatic nitrogens is 2. The molecule has 2 aromatic carbocycles. The quantitative estimate of drug-likeness (QED) is 0.468. The van der Waals surface area contributed by atoms with Gasteiger partial charge in [0.05, 0.1) is 16.0 Å². The second-order valence-corrected chi connectivity index (χ2v) is 5.33. The van der Waals surface area contributed by atoms with Crippen LogP contribution >= 0.6 is 0 Å². The molecular formula is C20H23N3O2. The smallest absolute Gasteiger partial charge is 0.246 e. The third-order valence-electron chi connectivity index (χ3n) is 3.99. The van der Waals surface area contributed by atoms with Crippen molar-refractivity contribution >= 4 is 16.6 Å². The molecule has 3 rings (SSSR count). The predicted octanol–water partition coefficient (Wildman–Crippen LogP) is 5.47. The Balaban J connectivity index is 0.00000109. The van der Waals surface area contributed by atoms with Crippen LogP contribution in [0.25, 0.3) is 22.3 Å². The second kappa shape index (κ2) is 8.24. The molecule has 5 nitrogen and oxygen atoms in total. The summed E-state index contributed by atoms with van der Waals surface area (Å²) in [5.74, 6) is 0. The van der Waals surface area contributed by atoms with Gasteiger partial charge in [-0.3, -0.25) is 14.7 Å². The van der Waals surface area contributed by atoms with Crippen molar-refractivity contribution in [2.45, 2.75) is 34.1 Å². The molecule has 1 aromatic heterocycles. The van der Waals surface area contributed by atoms with Gasteiger partial charge in [-0.25, -0.2) is 4.98 Å². The molecule has 0 spiro atoms. The maximum Gasteiger partial charge on any atom is 0.246 e. The first-order chi connectivity index (χ1) is 12.1. The molecule has 0 aliphatic carbocycles.